The lowest BCUT2D eigenvalue weighted by Gasteiger charge is -2.26. The Kier molecular flexibility index (Phi) is 10.6. The van der Waals surface area contributed by atoms with Gasteiger partial charge in [0.25, 0.3) is 0 Å². The molecule has 0 radical (unpaired) electrons. The van der Waals surface area contributed by atoms with E-state index in [1.165, 1.54) is 103 Å². The molecular weight excluding hydrogens is 577 g/mol. The van der Waals surface area contributed by atoms with E-state index in [9.17, 15) is 0 Å². The summed E-state index contributed by atoms with van der Waals surface area (Å²) in [5.74, 6) is 0. The summed E-state index contributed by atoms with van der Waals surface area (Å²) < 4.78 is 0. The zero-order valence-electron chi connectivity index (χ0n) is 28.8. The van der Waals surface area contributed by atoms with Gasteiger partial charge in [-0.25, -0.2) is 0 Å². The van der Waals surface area contributed by atoms with Gasteiger partial charge in [-0.3, -0.25) is 0 Å². The topological polar surface area (TPSA) is 0 Å². The van der Waals surface area contributed by atoms with Crippen LogP contribution in [0.4, 0.5) is 0 Å². The minimum Gasteiger partial charge on any atom is -0.0654 e. The predicted octanol–water partition coefficient (Wildman–Crippen LogP) is 14.8. The van der Waals surface area contributed by atoms with Crippen molar-refractivity contribution in [3.05, 3.63) is 158 Å². The van der Waals surface area contributed by atoms with Crippen LogP contribution in [0.3, 0.4) is 0 Å². The first-order valence-electron chi connectivity index (χ1n) is 17.7. The summed E-state index contributed by atoms with van der Waals surface area (Å²) in [5.41, 5.74) is 15.4. The van der Waals surface area contributed by atoms with Crippen LogP contribution < -0.4 is 0 Å². The van der Waals surface area contributed by atoms with Gasteiger partial charge in [0.2, 0.25) is 0 Å². The average Bonchev–Trinajstić information content (AvgIpc) is 3.50. The highest BCUT2D eigenvalue weighted by molar-refractivity contribution is 6.25. The summed E-state index contributed by atoms with van der Waals surface area (Å²) in [7, 11) is 0. The van der Waals surface area contributed by atoms with Crippen molar-refractivity contribution in [3.63, 3.8) is 0 Å². The molecule has 0 fully saturated rings. The van der Waals surface area contributed by atoms with Gasteiger partial charge in [-0.2, -0.15) is 0 Å². The van der Waals surface area contributed by atoms with Gasteiger partial charge in [0.1, 0.15) is 0 Å². The molecule has 1 aliphatic rings. The molecule has 0 heterocycles. The molecule has 0 bridgehead atoms. The van der Waals surface area contributed by atoms with Crippen molar-refractivity contribution in [1.82, 2.24) is 0 Å². The summed E-state index contributed by atoms with van der Waals surface area (Å²) >= 11 is 0. The van der Waals surface area contributed by atoms with Gasteiger partial charge in [0.15, 0.2) is 0 Å². The van der Waals surface area contributed by atoms with Crippen molar-refractivity contribution in [2.45, 2.75) is 53.4 Å². The third-order valence-electron chi connectivity index (χ3n) is 9.19. The molecular formula is C48H46. The van der Waals surface area contributed by atoms with Crippen LogP contribution in [0.1, 0.15) is 53.4 Å². The summed E-state index contributed by atoms with van der Waals surface area (Å²) in [6.45, 7) is 8.72. The first-order valence-corrected chi connectivity index (χ1v) is 17.7. The van der Waals surface area contributed by atoms with Crippen LogP contribution in [0.2, 0.25) is 0 Å². The van der Waals surface area contributed by atoms with Gasteiger partial charge < -0.3 is 0 Å². The van der Waals surface area contributed by atoms with E-state index < -0.39 is 0 Å². The Labute approximate surface area is 287 Å². The van der Waals surface area contributed by atoms with E-state index in [1.54, 1.807) is 0 Å². The number of unbranched alkanes of at least 4 members (excludes halogenated alkanes) is 2. The molecule has 0 spiro atoms. The molecule has 0 saturated carbocycles. The van der Waals surface area contributed by atoms with Crippen molar-refractivity contribution in [3.8, 4) is 66.8 Å². The lowest BCUT2D eigenvalue weighted by molar-refractivity contribution is 0.886. The maximum Gasteiger partial charge on any atom is -0.000719 e. The molecule has 7 aromatic rings. The largest absolute Gasteiger partial charge is 0.0654 e. The predicted molar refractivity (Wildman–Crippen MR) is 211 cm³/mol. The van der Waals surface area contributed by atoms with Gasteiger partial charge in [-0.15, -0.1) is 0 Å². The molecule has 0 atom stereocenters. The van der Waals surface area contributed by atoms with E-state index in [0.29, 0.717) is 0 Å². The SMILES string of the molecule is CCCC.CCCC.c1ccc(-c2c(-c3ccccc3)c(-c3ccccc3)c3c(c2-c2ccccc2)-c2cccc4cccc-3c24)cc1. The third-order valence-corrected chi connectivity index (χ3v) is 9.19. The molecule has 0 saturated heterocycles. The van der Waals surface area contributed by atoms with Gasteiger partial charge in [0, 0.05) is 0 Å². The molecule has 238 valence electrons. The number of rotatable bonds is 6. The normalized spacial score (nSPS) is 10.8. The number of hydrogen-bond donors (Lipinski definition) is 0. The van der Waals surface area contributed by atoms with Gasteiger partial charge >= 0.3 is 0 Å². The second-order valence-corrected chi connectivity index (χ2v) is 12.4. The monoisotopic (exact) mass is 622 g/mol. The molecule has 7 aromatic carbocycles. The Bertz CT molecular complexity index is 1920. The molecule has 8 rings (SSSR count). The standard InChI is InChI=1S/C40H26.2C4H10/c1-5-15-28(16-6-1)35-36(29-17-7-2-8-18-29)38(31-21-11-4-12-22-31)40-33-26-14-24-27-23-13-25-32(34(27)33)39(40)37(35)30-19-9-3-10-20-30;2*1-3-4-2/h1-26H;2*3-4H2,1-2H3. The van der Waals surface area contributed by atoms with Crippen LogP contribution in [0.5, 0.6) is 0 Å². The molecule has 0 aliphatic heterocycles. The Hall–Kier alpha value is -5.20. The van der Waals surface area contributed by atoms with E-state index in [-0.39, 0.29) is 0 Å². The van der Waals surface area contributed by atoms with E-state index in [1.807, 2.05) is 0 Å². The van der Waals surface area contributed by atoms with E-state index in [4.69, 9.17) is 0 Å². The molecule has 0 unspecified atom stereocenters. The fourth-order valence-electron chi connectivity index (χ4n) is 6.62. The first-order chi connectivity index (χ1) is 23.7. The Morgan fingerprint density at radius 2 is 0.542 bits per heavy atom. The maximum atomic E-state index is 2.32. The van der Waals surface area contributed by atoms with Crippen LogP contribution in [-0.2, 0) is 0 Å². The Morgan fingerprint density at radius 3 is 0.812 bits per heavy atom. The molecule has 0 heteroatoms. The molecule has 0 aromatic heterocycles. The summed E-state index contributed by atoms with van der Waals surface area (Å²) in [5, 5.41) is 2.63. The molecule has 0 N–H and O–H groups in total. The quantitative estimate of drug-likeness (QED) is 0.173. The van der Waals surface area contributed by atoms with E-state index >= 15 is 0 Å². The fourth-order valence-corrected chi connectivity index (χ4v) is 6.62. The molecule has 1 aliphatic carbocycles. The van der Waals surface area contributed by atoms with Crippen LogP contribution in [-0.4, -0.2) is 0 Å². The van der Waals surface area contributed by atoms with Crippen molar-refractivity contribution < 1.29 is 0 Å². The Morgan fingerprint density at radius 1 is 0.271 bits per heavy atom. The van der Waals surface area contributed by atoms with E-state index in [0.717, 1.165) is 0 Å². The van der Waals surface area contributed by atoms with Crippen molar-refractivity contribution in [2.24, 2.45) is 0 Å². The molecule has 48 heavy (non-hydrogen) atoms. The molecule has 0 amide bonds. The number of benzene rings is 7. The Balaban J connectivity index is 0.000000455. The van der Waals surface area contributed by atoms with Crippen molar-refractivity contribution in [2.75, 3.05) is 0 Å². The highest BCUT2D eigenvalue weighted by atomic mass is 14.4. The summed E-state index contributed by atoms with van der Waals surface area (Å²) in [4.78, 5) is 0. The minimum absolute atomic E-state index is 1.23. The van der Waals surface area contributed by atoms with Gasteiger partial charge in [-0.1, -0.05) is 211 Å². The second kappa shape index (κ2) is 15.6. The highest BCUT2D eigenvalue weighted by Crippen LogP contribution is 2.60. The minimum atomic E-state index is 1.23. The number of hydrogen-bond acceptors (Lipinski definition) is 0. The lowest BCUT2D eigenvalue weighted by Crippen LogP contribution is -1.99. The van der Waals surface area contributed by atoms with Crippen LogP contribution >= 0.6 is 0 Å². The zero-order valence-corrected chi connectivity index (χ0v) is 28.8. The smallest absolute Gasteiger partial charge is 0.000719 e. The first kappa shape index (κ1) is 32.7. The van der Waals surface area contributed by atoms with Gasteiger partial charge in [-0.05, 0) is 77.5 Å². The third kappa shape index (κ3) is 6.36. The van der Waals surface area contributed by atoms with Crippen LogP contribution in [0, 0.1) is 0 Å². The zero-order chi connectivity index (χ0) is 33.3. The maximum absolute atomic E-state index is 2.32. The van der Waals surface area contributed by atoms with Crippen molar-refractivity contribution >= 4 is 10.8 Å². The van der Waals surface area contributed by atoms with Crippen molar-refractivity contribution in [1.29, 1.82) is 0 Å². The number of fused-ring (bicyclic) bond motifs is 3. The molecule has 0 nitrogen and oxygen atoms in total. The fraction of sp³-hybridized carbons (Fsp3) is 0.167. The lowest BCUT2D eigenvalue weighted by atomic mass is 9.76. The second-order valence-electron chi connectivity index (χ2n) is 12.4. The summed E-state index contributed by atoms with van der Waals surface area (Å²) in [6, 6.07) is 57.3. The van der Waals surface area contributed by atoms with E-state index in [2.05, 4.69) is 185 Å². The highest BCUT2D eigenvalue weighted by Gasteiger charge is 2.33. The van der Waals surface area contributed by atoms with Crippen LogP contribution in [0.25, 0.3) is 77.5 Å². The average molecular weight is 623 g/mol. The van der Waals surface area contributed by atoms with Crippen LogP contribution in [0.15, 0.2) is 158 Å². The summed E-state index contributed by atoms with van der Waals surface area (Å²) in [6.07, 6.45) is 5.28. The van der Waals surface area contributed by atoms with Gasteiger partial charge in [0.05, 0.1) is 0 Å².